The van der Waals surface area contributed by atoms with Crippen molar-refractivity contribution < 1.29 is 18.9 Å². The number of phosphoric acid groups is 1. The molecule has 0 aromatic rings. The second kappa shape index (κ2) is 28.6. The summed E-state index contributed by atoms with van der Waals surface area (Å²) in [4.78, 5) is 17.2. The van der Waals surface area contributed by atoms with Gasteiger partial charge in [-0.05, 0) is 19.4 Å². The van der Waals surface area contributed by atoms with Crippen LogP contribution in [0.3, 0.4) is 0 Å². The third-order valence-corrected chi connectivity index (χ3v) is 7.63. The first-order valence-electron chi connectivity index (χ1n) is 15.5. The molecule has 0 saturated heterocycles. The molecule has 0 rings (SSSR count). The van der Waals surface area contributed by atoms with Gasteiger partial charge in [0.25, 0.3) is 0 Å². The van der Waals surface area contributed by atoms with E-state index in [9.17, 15) is 4.57 Å². The molecule has 0 fully saturated rings. The smallest absolute Gasteiger partial charge is 0.330 e. The Kier molecular flexibility index (Phi) is 28.7. The van der Waals surface area contributed by atoms with Gasteiger partial charge in [-0.3, -0.25) is 4.52 Å². The SMILES string of the molecule is NCCCCCCCCCCCCCCCCCCCCCCCCCCCCCOP(=O)(O)O. The van der Waals surface area contributed by atoms with Crippen molar-refractivity contribution >= 4 is 7.82 Å². The molecule has 0 heterocycles. The Balaban J connectivity index is 3.04. The number of phosphoric ester groups is 1. The lowest BCUT2D eigenvalue weighted by atomic mass is 10.0. The van der Waals surface area contributed by atoms with E-state index in [0.717, 1.165) is 25.8 Å². The predicted molar refractivity (Wildman–Crippen MR) is 152 cm³/mol. The van der Waals surface area contributed by atoms with Gasteiger partial charge in [0.1, 0.15) is 0 Å². The third-order valence-electron chi connectivity index (χ3n) is 7.11. The van der Waals surface area contributed by atoms with Gasteiger partial charge in [0.2, 0.25) is 0 Å². The molecule has 0 radical (unpaired) electrons. The van der Waals surface area contributed by atoms with Crippen LogP contribution in [0.2, 0.25) is 0 Å². The lowest BCUT2D eigenvalue weighted by molar-refractivity contribution is 0.193. The zero-order valence-electron chi connectivity index (χ0n) is 23.2. The second-order valence-electron chi connectivity index (χ2n) is 10.7. The maximum Gasteiger partial charge on any atom is 0.469 e. The van der Waals surface area contributed by atoms with Crippen molar-refractivity contribution in [2.45, 2.75) is 173 Å². The van der Waals surface area contributed by atoms with Crippen LogP contribution in [0.25, 0.3) is 0 Å². The summed E-state index contributed by atoms with van der Waals surface area (Å²) in [6.07, 6.45) is 36.3. The average molecular weight is 520 g/mol. The van der Waals surface area contributed by atoms with Crippen LogP contribution >= 0.6 is 7.82 Å². The lowest BCUT2D eigenvalue weighted by Gasteiger charge is -2.05. The monoisotopic (exact) mass is 519 g/mol. The molecular formula is C29H62NO4P. The van der Waals surface area contributed by atoms with E-state index >= 15 is 0 Å². The van der Waals surface area contributed by atoms with E-state index in [1.165, 1.54) is 154 Å². The zero-order valence-corrected chi connectivity index (χ0v) is 24.1. The van der Waals surface area contributed by atoms with Crippen LogP contribution in [0.4, 0.5) is 0 Å². The van der Waals surface area contributed by atoms with Crippen LogP contribution in [-0.2, 0) is 9.09 Å². The van der Waals surface area contributed by atoms with Gasteiger partial charge >= 0.3 is 7.82 Å². The fourth-order valence-corrected chi connectivity index (χ4v) is 5.22. The highest BCUT2D eigenvalue weighted by atomic mass is 31.2. The number of hydrogen-bond donors (Lipinski definition) is 3. The highest BCUT2D eigenvalue weighted by molar-refractivity contribution is 7.46. The quantitative estimate of drug-likeness (QED) is 0.0649. The molecule has 0 saturated carbocycles. The predicted octanol–water partition coefficient (Wildman–Crippen LogP) is 9.59. The van der Waals surface area contributed by atoms with Gasteiger partial charge in [-0.25, -0.2) is 4.57 Å². The molecule has 35 heavy (non-hydrogen) atoms. The minimum Gasteiger partial charge on any atom is -0.330 e. The van der Waals surface area contributed by atoms with Crippen LogP contribution in [0.5, 0.6) is 0 Å². The van der Waals surface area contributed by atoms with Gasteiger partial charge < -0.3 is 15.5 Å². The average Bonchev–Trinajstić information content (AvgIpc) is 2.82. The largest absolute Gasteiger partial charge is 0.469 e. The van der Waals surface area contributed by atoms with Crippen molar-refractivity contribution in [3.05, 3.63) is 0 Å². The molecule has 4 N–H and O–H groups in total. The molecule has 212 valence electrons. The van der Waals surface area contributed by atoms with E-state index in [1.54, 1.807) is 0 Å². The Morgan fingerprint density at radius 2 is 0.600 bits per heavy atom. The number of unbranched alkanes of at least 4 members (excludes halogenated alkanes) is 26. The Hall–Kier alpha value is 0.0700. The Bertz CT molecular complexity index is 444. The maximum absolute atomic E-state index is 10.6. The Morgan fingerprint density at radius 3 is 0.800 bits per heavy atom. The summed E-state index contributed by atoms with van der Waals surface area (Å²) in [7, 11) is -4.27. The van der Waals surface area contributed by atoms with E-state index in [-0.39, 0.29) is 6.61 Å². The highest BCUT2D eigenvalue weighted by Crippen LogP contribution is 2.35. The molecular weight excluding hydrogens is 457 g/mol. The van der Waals surface area contributed by atoms with E-state index in [0.29, 0.717) is 0 Å². The topological polar surface area (TPSA) is 92.8 Å². The number of rotatable bonds is 30. The molecule has 6 heteroatoms. The molecule has 0 aliphatic heterocycles. The second-order valence-corrected chi connectivity index (χ2v) is 11.9. The summed E-state index contributed by atoms with van der Waals surface area (Å²) in [5, 5.41) is 0. The van der Waals surface area contributed by atoms with Crippen molar-refractivity contribution in [1.82, 2.24) is 0 Å². The zero-order chi connectivity index (χ0) is 25.7. The van der Waals surface area contributed by atoms with Crippen LogP contribution in [-0.4, -0.2) is 22.9 Å². The summed E-state index contributed by atoms with van der Waals surface area (Å²) in [5.41, 5.74) is 5.53. The van der Waals surface area contributed by atoms with Crippen LogP contribution in [0.15, 0.2) is 0 Å². The third kappa shape index (κ3) is 34.1. The summed E-state index contributed by atoms with van der Waals surface area (Å²) in [6, 6.07) is 0. The van der Waals surface area contributed by atoms with Gasteiger partial charge in [0.15, 0.2) is 0 Å². The lowest BCUT2D eigenvalue weighted by Crippen LogP contribution is -1.97. The van der Waals surface area contributed by atoms with Crippen LogP contribution in [0.1, 0.15) is 173 Å². The van der Waals surface area contributed by atoms with Crippen molar-refractivity contribution in [2.75, 3.05) is 13.2 Å². The standard InChI is InChI=1S/C29H62NO4P/c30-28-26-24-22-20-18-16-14-12-10-8-6-4-2-1-3-5-7-9-11-13-15-17-19-21-23-25-27-29-34-35(31,32)33/h1-30H2,(H2,31,32,33). The Labute approximate surface area is 219 Å². The van der Waals surface area contributed by atoms with Crippen molar-refractivity contribution in [3.8, 4) is 0 Å². The van der Waals surface area contributed by atoms with E-state index < -0.39 is 7.82 Å². The molecule has 0 aliphatic rings. The first-order valence-corrected chi connectivity index (χ1v) is 17.0. The number of hydrogen-bond acceptors (Lipinski definition) is 3. The maximum atomic E-state index is 10.6. The van der Waals surface area contributed by atoms with Gasteiger partial charge in [0, 0.05) is 0 Å². The summed E-state index contributed by atoms with van der Waals surface area (Å²) in [6.45, 7) is 1.03. The molecule has 0 atom stereocenters. The van der Waals surface area contributed by atoms with Gasteiger partial charge in [-0.15, -0.1) is 0 Å². The molecule has 5 nitrogen and oxygen atoms in total. The minimum atomic E-state index is -4.27. The van der Waals surface area contributed by atoms with Crippen molar-refractivity contribution in [3.63, 3.8) is 0 Å². The normalized spacial score (nSPS) is 12.0. The summed E-state index contributed by atoms with van der Waals surface area (Å²) in [5.74, 6) is 0. The fourth-order valence-electron chi connectivity index (χ4n) is 4.85. The van der Waals surface area contributed by atoms with Gasteiger partial charge in [-0.1, -0.05) is 161 Å². The Morgan fingerprint density at radius 1 is 0.400 bits per heavy atom. The minimum absolute atomic E-state index is 0.168. The highest BCUT2D eigenvalue weighted by Gasteiger charge is 2.12. The summed E-state index contributed by atoms with van der Waals surface area (Å²) >= 11 is 0. The van der Waals surface area contributed by atoms with Crippen LogP contribution in [0, 0.1) is 0 Å². The van der Waals surface area contributed by atoms with Crippen molar-refractivity contribution in [2.24, 2.45) is 5.73 Å². The molecule has 0 aliphatic carbocycles. The van der Waals surface area contributed by atoms with E-state index in [4.69, 9.17) is 15.5 Å². The molecule has 0 unspecified atom stereocenters. The molecule has 0 amide bonds. The first-order chi connectivity index (χ1) is 17.1. The van der Waals surface area contributed by atoms with Gasteiger partial charge in [-0.2, -0.15) is 0 Å². The molecule has 0 aromatic heterocycles. The van der Waals surface area contributed by atoms with Crippen LogP contribution < -0.4 is 5.73 Å². The van der Waals surface area contributed by atoms with Crippen molar-refractivity contribution in [1.29, 1.82) is 0 Å². The number of nitrogens with two attached hydrogens (primary N) is 1. The van der Waals surface area contributed by atoms with E-state index in [2.05, 4.69) is 4.52 Å². The fraction of sp³-hybridized carbons (Fsp3) is 1.00. The van der Waals surface area contributed by atoms with E-state index in [1.807, 2.05) is 0 Å². The summed E-state index contributed by atoms with van der Waals surface area (Å²) < 4.78 is 15.0. The molecule has 0 bridgehead atoms. The van der Waals surface area contributed by atoms with Gasteiger partial charge in [0.05, 0.1) is 6.61 Å². The first kappa shape index (κ1) is 35.1. The molecule has 0 spiro atoms. The molecule has 0 aromatic carbocycles.